The number of phenols is 1. The van der Waals surface area contributed by atoms with Crippen LogP contribution in [-0.2, 0) is 4.79 Å². The van der Waals surface area contributed by atoms with E-state index in [1.807, 2.05) is 0 Å². The summed E-state index contributed by atoms with van der Waals surface area (Å²) >= 11 is 0. The van der Waals surface area contributed by atoms with Gasteiger partial charge in [-0.05, 0) is 18.2 Å². The van der Waals surface area contributed by atoms with Crippen LogP contribution in [0.2, 0.25) is 0 Å². The quantitative estimate of drug-likeness (QED) is 0.414. The van der Waals surface area contributed by atoms with Crippen molar-refractivity contribution in [2.45, 2.75) is 12.5 Å². The molecule has 14 heavy (non-hydrogen) atoms. The molecule has 0 amide bonds. The lowest BCUT2D eigenvalue weighted by Gasteiger charge is -2.11. The van der Waals surface area contributed by atoms with Gasteiger partial charge in [-0.15, -0.1) is 0 Å². The highest BCUT2D eigenvalue weighted by atomic mass is 16.4. The lowest BCUT2D eigenvalue weighted by molar-refractivity contribution is -0.137. The van der Waals surface area contributed by atoms with Crippen LogP contribution in [0.15, 0.2) is 18.2 Å². The Hall–Kier alpha value is -1.75. The van der Waals surface area contributed by atoms with E-state index in [0.717, 1.165) is 0 Å². The number of aliphatic carboxylic acids is 1. The summed E-state index contributed by atoms with van der Waals surface area (Å²) in [4.78, 5) is 10.4. The van der Waals surface area contributed by atoms with Gasteiger partial charge in [0.25, 0.3) is 0 Å². The average Bonchev–Trinajstić information content (AvgIpc) is 2.08. The maximum atomic E-state index is 10.4. The van der Waals surface area contributed by atoms with Crippen LogP contribution in [0.25, 0.3) is 0 Å². The minimum Gasteiger partial charge on any atom is -0.508 e. The van der Waals surface area contributed by atoms with Crippen LogP contribution >= 0.6 is 0 Å². The molecule has 0 unspecified atom stereocenters. The fourth-order valence-electron chi connectivity index (χ4n) is 1.17. The van der Waals surface area contributed by atoms with Crippen molar-refractivity contribution < 1.29 is 15.0 Å². The van der Waals surface area contributed by atoms with E-state index in [0.29, 0.717) is 11.3 Å². The van der Waals surface area contributed by atoms with Crippen molar-refractivity contribution in [3.63, 3.8) is 0 Å². The van der Waals surface area contributed by atoms with Crippen LogP contribution in [0, 0.1) is 0 Å². The number of carboxylic acid groups (broad SMARTS) is 1. The second-order valence-corrected chi connectivity index (χ2v) is 3.02. The first-order valence-corrected chi connectivity index (χ1v) is 4.06. The molecule has 0 saturated carbocycles. The number of benzene rings is 1. The van der Waals surface area contributed by atoms with E-state index in [9.17, 15) is 9.90 Å². The summed E-state index contributed by atoms with van der Waals surface area (Å²) in [5, 5.41) is 17.9. The molecule has 5 nitrogen and oxygen atoms in total. The topological polar surface area (TPSA) is 110 Å². The van der Waals surface area contributed by atoms with Crippen molar-refractivity contribution in [2.75, 3.05) is 5.73 Å². The number of hydrogen-bond acceptors (Lipinski definition) is 4. The Kier molecular flexibility index (Phi) is 2.93. The third-order valence-corrected chi connectivity index (χ3v) is 1.85. The molecule has 1 atom stereocenters. The number of phenolic OH excluding ortho intramolecular Hbond substituents is 1. The second kappa shape index (κ2) is 3.97. The van der Waals surface area contributed by atoms with E-state index >= 15 is 0 Å². The zero-order chi connectivity index (χ0) is 10.7. The molecule has 0 saturated heterocycles. The van der Waals surface area contributed by atoms with Gasteiger partial charge in [-0.2, -0.15) is 0 Å². The van der Waals surface area contributed by atoms with Gasteiger partial charge < -0.3 is 21.7 Å². The molecule has 1 aromatic carbocycles. The number of carboxylic acids is 1. The van der Waals surface area contributed by atoms with Crippen molar-refractivity contribution in [2.24, 2.45) is 5.73 Å². The molecule has 0 aliphatic heterocycles. The minimum atomic E-state index is -1.01. The maximum absolute atomic E-state index is 10.4. The van der Waals surface area contributed by atoms with Gasteiger partial charge in [-0.25, -0.2) is 0 Å². The van der Waals surface area contributed by atoms with Crippen LogP contribution in [0.3, 0.4) is 0 Å². The fraction of sp³-hybridized carbons (Fsp3) is 0.222. The first-order valence-electron chi connectivity index (χ1n) is 4.06. The van der Waals surface area contributed by atoms with Gasteiger partial charge in [0.1, 0.15) is 5.75 Å². The highest BCUT2D eigenvalue weighted by molar-refractivity contribution is 5.68. The lowest BCUT2D eigenvalue weighted by Crippen LogP contribution is -2.15. The van der Waals surface area contributed by atoms with Crippen molar-refractivity contribution in [3.05, 3.63) is 23.8 Å². The van der Waals surface area contributed by atoms with E-state index < -0.39 is 12.0 Å². The number of rotatable bonds is 3. The summed E-state index contributed by atoms with van der Waals surface area (Å²) in [5.41, 5.74) is 11.8. The van der Waals surface area contributed by atoms with E-state index in [2.05, 4.69) is 0 Å². The molecule has 0 aliphatic carbocycles. The average molecular weight is 196 g/mol. The third-order valence-electron chi connectivity index (χ3n) is 1.85. The Morgan fingerprint density at radius 3 is 2.71 bits per heavy atom. The molecule has 1 aromatic rings. The summed E-state index contributed by atoms with van der Waals surface area (Å²) in [6.07, 6.45) is -0.239. The summed E-state index contributed by atoms with van der Waals surface area (Å²) in [6.45, 7) is 0. The van der Waals surface area contributed by atoms with Crippen LogP contribution in [0.1, 0.15) is 18.0 Å². The normalized spacial score (nSPS) is 12.4. The summed E-state index contributed by atoms with van der Waals surface area (Å²) in [7, 11) is 0. The number of nitrogens with two attached hydrogens (primary N) is 2. The Bertz CT molecular complexity index is 352. The third kappa shape index (κ3) is 2.37. The number of aromatic hydroxyl groups is 1. The molecule has 0 heterocycles. The van der Waals surface area contributed by atoms with Crippen molar-refractivity contribution in [1.29, 1.82) is 0 Å². The number of carbonyl (C=O) groups is 1. The predicted octanol–water partition coefficient (Wildman–Crippen LogP) is 0.449. The number of anilines is 1. The first-order chi connectivity index (χ1) is 6.50. The molecule has 0 aliphatic rings. The molecular weight excluding hydrogens is 184 g/mol. The Balaban J connectivity index is 2.93. The number of hydrogen-bond donors (Lipinski definition) is 4. The van der Waals surface area contributed by atoms with E-state index in [4.69, 9.17) is 16.6 Å². The van der Waals surface area contributed by atoms with Crippen LogP contribution in [0.5, 0.6) is 5.75 Å². The van der Waals surface area contributed by atoms with E-state index in [1.165, 1.54) is 18.2 Å². The Morgan fingerprint density at radius 1 is 1.50 bits per heavy atom. The molecule has 76 valence electrons. The van der Waals surface area contributed by atoms with E-state index in [1.54, 1.807) is 0 Å². The number of nitrogen functional groups attached to an aromatic ring is 1. The van der Waals surface area contributed by atoms with Crippen molar-refractivity contribution in [1.82, 2.24) is 0 Å². The van der Waals surface area contributed by atoms with Crippen LogP contribution in [-0.4, -0.2) is 16.2 Å². The van der Waals surface area contributed by atoms with Gasteiger partial charge in [-0.1, -0.05) is 0 Å². The SMILES string of the molecule is Nc1ccc(O)c([C@H](N)CC(=O)O)c1. The largest absolute Gasteiger partial charge is 0.508 e. The van der Waals surface area contributed by atoms with Gasteiger partial charge >= 0.3 is 5.97 Å². The van der Waals surface area contributed by atoms with Gasteiger partial charge in [0.15, 0.2) is 0 Å². The van der Waals surface area contributed by atoms with Crippen molar-refractivity contribution >= 4 is 11.7 Å². The highest BCUT2D eigenvalue weighted by Crippen LogP contribution is 2.26. The van der Waals surface area contributed by atoms with Crippen molar-refractivity contribution in [3.8, 4) is 5.75 Å². The van der Waals surface area contributed by atoms with Gasteiger partial charge in [-0.3, -0.25) is 4.79 Å². The zero-order valence-electron chi connectivity index (χ0n) is 7.47. The standard InChI is InChI=1S/C9H12N2O3/c10-5-1-2-8(12)6(3-5)7(11)4-9(13)14/h1-3,7,12H,4,10-11H2,(H,13,14)/t7-/m1/s1. The van der Waals surface area contributed by atoms with Crippen LogP contribution in [0.4, 0.5) is 5.69 Å². The fourth-order valence-corrected chi connectivity index (χ4v) is 1.17. The lowest BCUT2D eigenvalue weighted by atomic mass is 10.0. The molecule has 0 aromatic heterocycles. The zero-order valence-corrected chi connectivity index (χ0v) is 7.47. The monoisotopic (exact) mass is 196 g/mol. The molecule has 0 fully saturated rings. The molecule has 0 bridgehead atoms. The summed E-state index contributed by atoms with van der Waals surface area (Å²) in [5.74, 6) is -1.05. The molecule has 0 radical (unpaired) electrons. The summed E-state index contributed by atoms with van der Waals surface area (Å²) in [6, 6.07) is 3.65. The molecule has 0 spiro atoms. The highest BCUT2D eigenvalue weighted by Gasteiger charge is 2.14. The first kappa shape index (κ1) is 10.3. The molecule has 1 rings (SSSR count). The van der Waals surface area contributed by atoms with Crippen LogP contribution < -0.4 is 11.5 Å². The minimum absolute atomic E-state index is 0.0343. The predicted molar refractivity (Wildman–Crippen MR) is 51.7 cm³/mol. The molecule has 6 N–H and O–H groups in total. The Labute approximate surface area is 81.0 Å². The summed E-state index contributed by atoms with van der Waals surface area (Å²) < 4.78 is 0. The Morgan fingerprint density at radius 2 is 2.14 bits per heavy atom. The van der Waals surface area contributed by atoms with Gasteiger partial charge in [0, 0.05) is 17.3 Å². The van der Waals surface area contributed by atoms with E-state index in [-0.39, 0.29) is 12.2 Å². The maximum Gasteiger partial charge on any atom is 0.305 e. The molecule has 5 heteroatoms. The van der Waals surface area contributed by atoms with Gasteiger partial charge in [0.2, 0.25) is 0 Å². The second-order valence-electron chi connectivity index (χ2n) is 3.02. The van der Waals surface area contributed by atoms with Gasteiger partial charge in [0.05, 0.1) is 6.42 Å². The smallest absolute Gasteiger partial charge is 0.305 e. The molecular formula is C9H12N2O3.